The predicted molar refractivity (Wildman–Crippen MR) is 119 cm³/mol. The van der Waals surface area contributed by atoms with Crippen LogP contribution in [0.5, 0.6) is 11.5 Å². The van der Waals surface area contributed by atoms with Gasteiger partial charge in [0.1, 0.15) is 0 Å². The molecule has 2 amide bonds. The fourth-order valence-corrected chi connectivity index (χ4v) is 4.21. The molecule has 0 aliphatic carbocycles. The molecule has 4 rings (SSSR count). The average Bonchev–Trinajstić information content (AvgIpc) is 2.80. The monoisotopic (exact) mass is 458 g/mol. The number of benzene rings is 3. The Hall–Kier alpha value is -3.32. The lowest BCUT2D eigenvalue weighted by molar-refractivity contribution is 0.193. The summed E-state index contributed by atoms with van der Waals surface area (Å²) in [5, 5.41) is 3.17. The van der Waals surface area contributed by atoms with Gasteiger partial charge in [0.05, 0.1) is 20.3 Å². The van der Waals surface area contributed by atoms with Gasteiger partial charge in [-0.3, -0.25) is 0 Å². The zero-order valence-corrected chi connectivity index (χ0v) is 18.2. The van der Waals surface area contributed by atoms with Gasteiger partial charge in [-0.05, 0) is 53.4 Å². The quantitative estimate of drug-likeness (QED) is 0.536. The summed E-state index contributed by atoms with van der Waals surface area (Å²) in [6.07, 6.45) is 0.571. The number of hydrogen-bond acceptors (Lipinski definition) is 3. The third kappa shape index (κ3) is 4.08. The number of amides is 2. The molecule has 0 saturated carbocycles. The van der Waals surface area contributed by atoms with Crippen LogP contribution in [0, 0.1) is 11.6 Å². The highest BCUT2D eigenvalue weighted by atomic mass is 35.5. The van der Waals surface area contributed by atoms with Gasteiger partial charge in [-0.2, -0.15) is 0 Å². The van der Waals surface area contributed by atoms with Crippen molar-refractivity contribution in [3.8, 4) is 11.5 Å². The Bertz CT molecular complexity index is 1170. The molecular weight excluding hydrogens is 438 g/mol. The van der Waals surface area contributed by atoms with Crippen molar-refractivity contribution >= 4 is 23.3 Å². The van der Waals surface area contributed by atoms with Crippen molar-refractivity contribution in [2.75, 3.05) is 26.1 Å². The first-order chi connectivity index (χ1) is 15.4. The highest BCUT2D eigenvalue weighted by Gasteiger charge is 2.34. The summed E-state index contributed by atoms with van der Waals surface area (Å²) < 4.78 is 37.8. The van der Waals surface area contributed by atoms with Crippen LogP contribution in [0.4, 0.5) is 19.3 Å². The third-order valence-electron chi connectivity index (χ3n) is 5.51. The second-order valence-electron chi connectivity index (χ2n) is 7.33. The van der Waals surface area contributed by atoms with E-state index in [4.69, 9.17) is 21.1 Å². The number of nitrogens with one attached hydrogen (secondary N) is 1. The molecular formula is C24H21ClF2N2O3. The summed E-state index contributed by atoms with van der Waals surface area (Å²) in [5.41, 5.74) is 2.75. The Morgan fingerprint density at radius 2 is 1.72 bits per heavy atom. The standard InChI is InChI=1S/C24H21ClF2N2O3/c1-31-21-11-14-9-10-29(24(30)28-15-7-8-19(26)20(27)12-15)23(17(14)13-22(21)32-2)16-5-3-4-6-18(16)25/h3-8,11-13,23H,9-10H2,1-2H3,(H,28,30)/t23-/m0/s1. The second-order valence-corrected chi connectivity index (χ2v) is 7.74. The summed E-state index contributed by atoms with van der Waals surface area (Å²) >= 11 is 6.52. The van der Waals surface area contributed by atoms with Gasteiger partial charge in [-0.25, -0.2) is 13.6 Å². The molecule has 1 atom stereocenters. The molecule has 32 heavy (non-hydrogen) atoms. The lowest BCUT2D eigenvalue weighted by Gasteiger charge is -2.38. The minimum Gasteiger partial charge on any atom is -0.493 e. The van der Waals surface area contributed by atoms with Crippen LogP contribution in [0.15, 0.2) is 54.6 Å². The highest BCUT2D eigenvalue weighted by molar-refractivity contribution is 6.31. The normalized spacial score (nSPS) is 15.2. The van der Waals surface area contributed by atoms with Gasteiger partial charge in [0.2, 0.25) is 0 Å². The average molecular weight is 459 g/mol. The molecule has 1 N–H and O–H groups in total. The maximum Gasteiger partial charge on any atom is 0.322 e. The number of ether oxygens (including phenoxy) is 2. The van der Waals surface area contributed by atoms with E-state index in [2.05, 4.69) is 5.32 Å². The minimum absolute atomic E-state index is 0.157. The fourth-order valence-electron chi connectivity index (χ4n) is 3.97. The summed E-state index contributed by atoms with van der Waals surface area (Å²) in [6, 6.07) is 13.3. The van der Waals surface area contributed by atoms with Crippen LogP contribution in [0.1, 0.15) is 22.7 Å². The van der Waals surface area contributed by atoms with E-state index in [0.29, 0.717) is 29.5 Å². The molecule has 0 bridgehead atoms. The van der Waals surface area contributed by atoms with E-state index in [-0.39, 0.29) is 5.69 Å². The minimum atomic E-state index is -1.04. The van der Waals surface area contributed by atoms with E-state index in [1.165, 1.54) is 6.07 Å². The predicted octanol–water partition coefficient (Wildman–Crippen LogP) is 5.82. The first-order valence-corrected chi connectivity index (χ1v) is 10.3. The molecule has 1 heterocycles. The first-order valence-electron chi connectivity index (χ1n) is 9.94. The number of carbonyl (C=O) groups excluding carboxylic acids is 1. The number of methoxy groups -OCH3 is 2. The summed E-state index contributed by atoms with van der Waals surface area (Å²) in [6.45, 7) is 0.383. The molecule has 0 saturated heterocycles. The Kier molecular flexibility index (Phi) is 6.19. The van der Waals surface area contributed by atoms with Crippen LogP contribution < -0.4 is 14.8 Å². The van der Waals surface area contributed by atoms with Gasteiger partial charge in [-0.15, -0.1) is 0 Å². The van der Waals surface area contributed by atoms with Crippen molar-refractivity contribution in [3.05, 3.63) is 87.9 Å². The van der Waals surface area contributed by atoms with Gasteiger partial charge in [0.25, 0.3) is 0 Å². The number of anilines is 1. The van der Waals surface area contributed by atoms with Crippen LogP contribution in [-0.2, 0) is 6.42 Å². The maximum absolute atomic E-state index is 13.6. The molecule has 1 aliphatic rings. The Morgan fingerprint density at radius 3 is 2.41 bits per heavy atom. The summed E-state index contributed by atoms with van der Waals surface area (Å²) in [7, 11) is 3.12. The molecule has 1 aliphatic heterocycles. The van der Waals surface area contributed by atoms with E-state index in [1.807, 2.05) is 30.3 Å². The van der Waals surface area contributed by atoms with Gasteiger partial charge >= 0.3 is 6.03 Å². The van der Waals surface area contributed by atoms with Crippen molar-refractivity contribution in [1.82, 2.24) is 4.90 Å². The number of hydrogen-bond donors (Lipinski definition) is 1. The van der Waals surface area contributed by atoms with Crippen molar-refractivity contribution in [2.45, 2.75) is 12.5 Å². The van der Waals surface area contributed by atoms with E-state index in [0.717, 1.165) is 28.8 Å². The van der Waals surface area contributed by atoms with Crippen molar-refractivity contribution in [2.24, 2.45) is 0 Å². The molecule has 0 fully saturated rings. The number of halogens is 3. The number of rotatable bonds is 4. The highest BCUT2D eigenvalue weighted by Crippen LogP contribution is 2.42. The fraction of sp³-hybridized carbons (Fsp3) is 0.208. The zero-order valence-electron chi connectivity index (χ0n) is 17.5. The maximum atomic E-state index is 13.6. The molecule has 3 aromatic rings. The van der Waals surface area contributed by atoms with E-state index >= 15 is 0 Å². The Labute approximate surface area is 189 Å². The van der Waals surface area contributed by atoms with Crippen molar-refractivity contribution in [1.29, 1.82) is 0 Å². The molecule has 3 aromatic carbocycles. The van der Waals surface area contributed by atoms with Crippen LogP contribution in [0.3, 0.4) is 0 Å². The van der Waals surface area contributed by atoms with Gasteiger partial charge < -0.3 is 19.7 Å². The third-order valence-corrected chi connectivity index (χ3v) is 5.85. The topological polar surface area (TPSA) is 50.8 Å². The lowest BCUT2D eigenvalue weighted by atomic mass is 9.87. The Morgan fingerprint density at radius 1 is 1.00 bits per heavy atom. The van der Waals surface area contributed by atoms with Gasteiger partial charge in [0.15, 0.2) is 23.1 Å². The Balaban J connectivity index is 1.77. The molecule has 0 aromatic heterocycles. The number of urea groups is 1. The zero-order chi connectivity index (χ0) is 22.8. The summed E-state index contributed by atoms with van der Waals surface area (Å²) in [5.74, 6) is -0.883. The number of carbonyl (C=O) groups is 1. The molecule has 0 unspecified atom stereocenters. The molecule has 8 heteroatoms. The van der Waals surface area contributed by atoms with Gasteiger partial charge in [-0.1, -0.05) is 29.8 Å². The summed E-state index contributed by atoms with van der Waals surface area (Å²) in [4.78, 5) is 14.9. The lowest BCUT2D eigenvalue weighted by Crippen LogP contribution is -2.43. The van der Waals surface area contributed by atoms with Crippen LogP contribution in [-0.4, -0.2) is 31.7 Å². The van der Waals surface area contributed by atoms with E-state index < -0.39 is 23.7 Å². The molecule has 5 nitrogen and oxygen atoms in total. The number of nitrogens with zero attached hydrogens (tertiary/aromatic N) is 1. The van der Waals surface area contributed by atoms with Crippen LogP contribution in [0.25, 0.3) is 0 Å². The molecule has 0 spiro atoms. The smallest absolute Gasteiger partial charge is 0.322 e. The molecule has 0 radical (unpaired) electrons. The SMILES string of the molecule is COc1cc2c(cc1OC)[C@H](c1ccccc1Cl)N(C(=O)Nc1ccc(F)c(F)c1)CC2. The van der Waals surface area contributed by atoms with Gasteiger partial charge in [0, 0.05) is 23.3 Å². The van der Waals surface area contributed by atoms with Crippen molar-refractivity contribution < 1.29 is 23.0 Å². The first kappa shape index (κ1) is 21.9. The number of fused-ring (bicyclic) bond motifs is 1. The van der Waals surface area contributed by atoms with Crippen LogP contribution >= 0.6 is 11.6 Å². The van der Waals surface area contributed by atoms with Crippen molar-refractivity contribution in [3.63, 3.8) is 0 Å². The van der Waals surface area contributed by atoms with E-state index in [1.54, 1.807) is 25.2 Å². The van der Waals surface area contributed by atoms with Crippen LogP contribution in [0.2, 0.25) is 5.02 Å². The molecule has 166 valence electrons. The largest absolute Gasteiger partial charge is 0.493 e. The second kappa shape index (κ2) is 9.04. The van der Waals surface area contributed by atoms with E-state index in [9.17, 15) is 13.6 Å².